The monoisotopic (exact) mass is 241 g/mol. The summed E-state index contributed by atoms with van der Waals surface area (Å²) in [6.45, 7) is 2.52. The van der Waals surface area contributed by atoms with Gasteiger partial charge in [0.25, 0.3) is 5.91 Å². The third kappa shape index (κ3) is 3.10. The molecule has 3 heteroatoms. The Morgan fingerprint density at radius 2 is 1.61 bits per heavy atom. The van der Waals surface area contributed by atoms with Crippen molar-refractivity contribution in [3.8, 4) is 11.5 Å². The van der Waals surface area contributed by atoms with Crippen molar-refractivity contribution < 1.29 is 9.53 Å². The van der Waals surface area contributed by atoms with Gasteiger partial charge in [-0.1, -0.05) is 18.2 Å². The van der Waals surface area contributed by atoms with Crippen LogP contribution in [0.4, 0.5) is 0 Å². The molecule has 0 unspecified atom stereocenters. The highest BCUT2D eigenvalue weighted by Gasteiger charge is 2.04. The number of benzene rings is 2. The summed E-state index contributed by atoms with van der Waals surface area (Å²) < 4.78 is 5.64. The van der Waals surface area contributed by atoms with Crippen molar-refractivity contribution >= 4 is 5.91 Å². The Labute approximate surface area is 106 Å². The van der Waals surface area contributed by atoms with E-state index in [1.54, 1.807) is 24.3 Å². The summed E-state index contributed by atoms with van der Waals surface area (Å²) in [7, 11) is 0. The standard InChI is InChI=1S/C15H15NO2/c1-2-16-15(17)12-8-10-14(11-9-12)18-13-6-4-3-5-7-13/h3-11H,2H2,1H3,(H,16,17). The van der Waals surface area contributed by atoms with Crippen molar-refractivity contribution in [1.82, 2.24) is 5.32 Å². The zero-order valence-corrected chi connectivity index (χ0v) is 10.2. The molecule has 2 aromatic carbocycles. The lowest BCUT2D eigenvalue weighted by Crippen LogP contribution is -2.22. The van der Waals surface area contributed by atoms with Crippen LogP contribution in [0.2, 0.25) is 0 Å². The maximum absolute atomic E-state index is 11.6. The van der Waals surface area contributed by atoms with Gasteiger partial charge in [0, 0.05) is 12.1 Å². The smallest absolute Gasteiger partial charge is 0.251 e. The molecule has 2 aromatic rings. The maximum atomic E-state index is 11.6. The molecule has 0 radical (unpaired) electrons. The summed E-state index contributed by atoms with van der Waals surface area (Å²) in [4.78, 5) is 11.6. The number of rotatable bonds is 4. The Hall–Kier alpha value is -2.29. The van der Waals surface area contributed by atoms with Gasteiger partial charge < -0.3 is 10.1 Å². The molecule has 2 rings (SSSR count). The van der Waals surface area contributed by atoms with E-state index in [0.29, 0.717) is 17.9 Å². The lowest BCUT2D eigenvalue weighted by Gasteiger charge is -2.06. The Balaban J connectivity index is 2.06. The molecule has 0 aromatic heterocycles. The minimum absolute atomic E-state index is 0.0660. The van der Waals surface area contributed by atoms with E-state index in [1.165, 1.54) is 0 Å². The van der Waals surface area contributed by atoms with E-state index < -0.39 is 0 Å². The van der Waals surface area contributed by atoms with Gasteiger partial charge in [-0.25, -0.2) is 0 Å². The molecule has 0 bridgehead atoms. The summed E-state index contributed by atoms with van der Waals surface area (Å²) in [6.07, 6.45) is 0. The van der Waals surface area contributed by atoms with Crippen molar-refractivity contribution in [3.05, 3.63) is 60.2 Å². The lowest BCUT2D eigenvalue weighted by atomic mass is 10.2. The molecule has 0 aliphatic carbocycles. The topological polar surface area (TPSA) is 38.3 Å². The van der Waals surface area contributed by atoms with Crippen LogP contribution in [-0.4, -0.2) is 12.5 Å². The Bertz CT molecular complexity index is 506. The van der Waals surface area contributed by atoms with Gasteiger partial charge in [0.1, 0.15) is 11.5 Å². The molecule has 0 aliphatic rings. The molecule has 0 atom stereocenters. The lowest BCUT2D eigenvalue weighted by molar-refractivity contribution is 0.0956. The number of amides is 1. The van der Waals surface area contributed by atoms with Crippen LogP contribution in [-0.2, 0) is 0 Å². The van der Waals surface area contributed by atoms with Crippen LogP contribution in [0.3, 0.4) is 0 Å². The molecule has 18 heavy (non-hydrogen) atoms. The van der Waals surface area contributed by atoms with Crippen molar-refractivity contribution in [1.29, 1.82) is 0 Å². The third-order valence-electron chi connectivity index (χ3n) is 2.43. The summed E-state index contributed by atoms with van der Waals surface area (Å²) in [6, 6.07) is 16.6. The Morgan fingerprint density at radius 3 is 2.22 bits per heavy atom. The molecule has 1 amide bonds. The first kappa shape index (κ1) is 12.2. The highest BCUT2D eigenvalue weighted by atomic mass is 16.5. The van der Waals surface area contributed by atoms with Crippen LogP contribution in [0.5, 0.6) is 11.5 Å². The van der Waals surface area contributed by atoms with E-state index in [-0.39, 0.29) is 5.91 Å². The Morgan fingerprint density at radius 1 is 1.00 bits per heavy atom. The zero-order valence-electron chi connectivity index (χ0n) is 10.2. The van der Waals surface area contributed by atoms with Crippen LogP contribution in [0.15, 0.2) is 54.6 Å². The van der Waals surface area contributed by atoms with Gasteiger partial charge >= 0.3 is 0 Å². The number of hydrogen-bond acceptors (Lipinski definition) is 2. The summed E-state index contributed by atoms with van der Waals surface area (Å²) >= 11 is 0. The second-order valence-corrected chi connectivity index (χ2v) is 3.80. The average molecular weight is 241 g/mol. The molecular formula is C15H15NO2. The van der Waals surface area contributed by atoms with Gasteiger partial charge in [0.05, 0.1) is 0 Å². The molecule has 0 spiro atoms. The van der Waals surface area contributed by atoms with Gasteiger partial charge in [-0.15, -0.1) is 0 Å². The maximum Gasteiger partial charge on any atom is 0.251 e. The second kappa shape index (κ2) is 5.87. The molecule has 0 saturated heterocycles. The van der Waals surface area contributed by atoms with Gasteiger partial charge in [0.15, 0.2) is 0 Å². The van der Waals surface area contributed by atoms with Crippen molar-refractivity contribution in [3.63, 3.8) is 0 Å². The molecule has 0 aliphatic heterocycles. The summed E-state index contributed by atoms with van der Waals surface area (Å²) in [5.74, 6) is 1.43. The van der Waals surface area contributed by atoms with E-state index >= 15 is 0 Å². The largest absolute Gasteiger partial charge is 0.457 e. The van der Waals surface area contributed by atoms with Crippen LogP contribution >= 0.6 is 0 Å². The fraction of sp³-hybridized carbons (Fsp3) is 0.133. The van der Waals surface area contributed by atoms with Crippen LogP contribution < -0.4 is 10.1 Å². The number of carbonyl (C=O) groups excluding carboxylic acids is 1. The van der Waals surface area contributed by atoms with Crippen LogP contribution in [0.25, 0.3) is 0 Å². The third-order valence-corrected chi connectivity index (χ3v) is 2.43. The highest BCUT2D eigenvalue weighted by Crippen LogP contribution is 2.20. The number of ether oxygens (including phenoxy) is 1. The van der Waals surface area contributed by atoms with Gasteiger partial charge in [-0.3, -0.25) is 4.79 Å². The van der Waals surface area contributed by atoms with Crippen molar-refractivity contribution in [2.45, 2.75) is 6.92 Å². The van der Waals surface area contributed by atoms with Crippen molar-refractivity contribution in [2.24, 2.45) is 0 Å². The van der Waals surface area contributed by atoms with Gasteiger partial charge in [-0.05, 0) is 43.3 Å². The first-order valence-corrected chi connectivity index (χ1v) is 5.91. The Kier molecular flexibility index (Phi) is 3.97. The number of hydrogen-bond donors (Lipinski definition) is 1. The van der Waals surface area contributed by atoms with Crippen LogP contribution in [0, 0.1) is 0 Å². The first-order valence-electron chi connectivity index (χ1n) is 5.91. The molecule has 0 fully saturated rings. The summed E-state index contributed by atoms with van der Waals surface area (Å²) in [5.41, 5.74) is 0.636. The molecule has 0 saturated carbocycles. The minimum atomic E-state index is -0.0660. The van der Waals surface area contributed by atoms with E-state index in [1.807, 2.05) is 37.3 Å². The normalized spacial score (nSPS) is 9.83. The summed E-state index contributed by atoms with van der Waals surface area (Å²) in [5, 5.41) is 2.75. The molecule has 92 valence electrons. The fourth-order valence-electron chi connectivity index (χ4n) is 1.56. The van der Waals surface area contributed by atoms with Gasteiger partial charge in [0.2, 0.25) is 0 Å². The van der Waals surface area contributed by atoms with Gasteiger partial charge in [-0.2, -0.15) is 0 Å². The first-order chi connectivity index (χ1) is 8.79. The van der Waals surface area contributed by atoms with Crippen LogP contribution in [0.1, 0.15) is 17.3 Å². The highest BCUT2D eigenvalue weighted by molar-refractivity contribution is 5.94. The molecule has 0 heterocycles. The van der Waals surface area contributed by atoms with Crippen molar-refractivity contribution in [2.75, 3.05) is 6.54 Å². The average Bonchev–Trinajstić information content (AvgIpc) is 2.41. The SMILES string of the molecule is CCNC(=O)c1ccc(Oc2ccccc2)cc1. The van der Waals surface area contributed by atoms with E-state index in [4.69, 9.17) is 4.74 Å². The number of carbonyl (C=O) groups is 1. The molecule has 3 nitrogen and oxygen atoms in total. The van der Waals surface area contributed by atoms with E-state index in [9.17, 15) is 4.79 Å². The number of nitrogens with one attached hydrogen (secondary N) is 1. The predicted octanol–water partition coefficient (Wildman–Crippen LogP) is 3.23. The zero-order chi connectivity index (χ0) is 12.8. The van der Waals surface area contributed by atoms with E-state index in [2.05, 4.69) is 5.32 Å². The molecule has 1 N–H and O–H groups in total. The number of para-hydroxylation sites is 1. The quantitative estimate of drug-likeness (QED) is 0.892. The molecular weight excluding hydrogens is 226 g/mol. The van der Waals surface area contributed by atoms with E-state index in [0.717, 1.165) is 5.75 Å². The fourth-order valence-corrected chi connectivity index (χ4v) is 1.56. The minimum Gasteiger partial charge on any atom is -0.457 e. The second-order valence-electron chi connectivity index (χ2n) is 3.80. The predicted molar refractivity (Wildman–Crippen MR) is 71.0 cm³/mol.